The molecule has 10 nitrogen and oxygen atoms in total. The van der Waals surface area contributed by atoms with Crippen molar-refractivity contribution < 1.29 is 19.7 Å². The number of rotatable bonds is 7. The van der Waals surface area contributed by atoms with Gasteiger partial charge in [0.25, 0.3) is 11.1 Å². The largest absolute Gasteiger partial charge is 0.494 e. The summed E-state index contributed by atoms with van der Waals surface area (Å²) >= 11 is 14.1. The number of hydrogen-bond acceptors (Lipinski definition) is 8. The molecule has 0 aliphatic heterocycles. The summed E-state index contributed by atoms with van der Waals surface area (Å²) in [4.78, 5) is 27.1. The molecule has 200 valence electrons. The van der Waals surface area contributed by atoms with Gasteiger partial charge in [0.2, 0.25) is 11.8 Å². The van der Waals surface area contributed by atoms with Crippen LogP contribution in [0, 0.1) is 9.54 Å². The summed E-state index contributed by atoms with van der Waals surface area (Å²) in [7, 11) is 5.94. The second kappa shape index (κ2) is 10.8. The van der Waals surface area contributed by atoms with Gasteiger partial charge in [-0.3, -0.25) is 27.9 Å². The van der Waals surface area contributed by atoms with Crippen molar-refractivity contribution in [3.8, 4) is 23.3 Å². The molecule has 0 spiro atoms. The maximum Gasteiger partial charge on any atom is 0.262 e. The molecular weight excluding hydrogens is 584 g/mol. The first-order valence-corrected chi connectivity index (χ1v) is 13.0. The van der Waals surface area contributed by atoms with Gasteiger partial charge in [0.15, 0.2) is 21.0 Å². The van der Waals surface area contributed by atoms with Crippen molar-refractivity contribution in [3.63, 3.8) is 0 Å². The third-order valence-electron chi connectivity index (χ3n) is 5.93. The average molecular weight is 614 g/mol. The van der Waals surface area contributed by atoms with Gasteiger partial charge in [-0.1, -0.05) is 0 Å². The molecule has 37 heavy (non-hydrogen) atoms. The highest BCUT2D eigenvalue weighted by Crippen LogP contribution is 2.44. The smallest absolute Gasteiger partial charge is 0.262 e. The Kier molecular flexibility index (Phi) is 8.40. The van der Waals surface area contributed by atoms with E-state index in [1.54, 1.807) is 12.1 Å². The fourth-order valence-corrected chi connectivity index (χ4v) is 4.96. The molecular formula is C24H29BrN4O6S2. The normalized spacial score (nSPS) is 11.4. The molecule has 0 atom stereocenters. The molecule has 0 unspecified atom stereocenters. The molecule has 0 saturated heterocycles. The summed E-state index contributed by atoms with van der Waals surface area (Å²) in [5.41, 5.74) is -1.20. The van der Waals surface area contributed by atoms with Gasteiger partial charge in [0.1, 0.15) is 0 Å². The van der Waals surface area contributed by atoms with Gasteiger partial charge in [-0.15, -0.1) is 0 Å². The highest BCUT2D eigenvalue weighted by atomic mass is 79.9. The predicted molar refractivity (Wildman–Crippen MR) is 148 cm³/mol. The minimum absolute atomic E-state index is 0.0745. The molecule has 0 fully saturated rings. The fourth-order valence-electron chi connectivity index (χ4n) is 4.07. The number of hydrogen-bond donors (Lipinski definition) is 2. The first kappa shape index (κ1) is 28.7. The summed E-state index contributed by atoms with van der Waals surface area (Å²) in [6.07, 6.45) is -0.165. The topological polar surface area (TPSA) is 113 Å². The van der Waals surface area contributed by atoms with Crippen LogP contribution in [0.5, 0.6) is 23.3 Å². The summed E-state index contributed by atoms with van der Waals surface area (Å²) < 4.78 is 17.3. The van der Waals surface area contributed by atoms with E-state index < -0.39 is 28.8 Å². The van der Waals surface area contributed by atoms with E-state index in [0.717, 1.165) is 0 Å². The third-order valence-corrected chi connectivity index (χ3v) is 7.62. The molecule has 2 aromatic heterocycles. The lowest BCUT2D eigenvalue weighted by molar-refractivity contribution is 0.222. The van der Waals surface area contributed by atoms with Crippen LogP contribution in [0.4, 0.5) is 0 Å². The zero-order valence-corrected chi connectivity index (χ0v) is 24.7. The van der Waals surface area contributed by atoms with Crippen molar-refractivity contribution in [2.24, 2.45) is 28.2 Å². The van der Waals surface area contributed by atoms with E-state index in [-0.39, 0.29) is 26.8 Å². The zero-order valence-electron chi connectivity index (χ0n) is 21.5. The number of aromatic hydroxyl groups is 2. The predicted octanol–water partition coefficient (Wildman–Crippen LogP) is 3.76. The molecule has 13 heteroatoms. The van der Waals surface area contributed by atoms with Gasteiger partial charge in [0, 0.05) is 28.2 Å². The van der Waals surface area contributed by atoms with Crippen molar-refractivity contribution in [2.45, 2.75) is 32.8 Å². The van der Waals surface area contributed by atoms with Crippen LogP contribution in [0.25, 0.3) is 0 Å². The Morgan fingerprint density at radius 1 is 0.892 bits per heavy atom. The first-order valence-electron chi connectivity index (χ1n) is 11.3. The summed E-state index contributed by atoms with van der Waals surface area (Å²) in [5, 5.41) is 22.3. The summed E-state index contributed by atoms with van der Waals surface area (Å²) in [6, 6.07) is 3.28. The van der Waals surface area contributed by atoms with Gasteiger partial charge in [0.05, 0.1) is 34.2 Å². The second-order valence-electron chi connectivity index (χ2n) is 8.75. The van der Waals surface area contributed by atoms with E-state index >= 15 is 0 Å². The van der Waals surface area contributed by atoms with Crippen molar-refractivity contribution in [1.29, 1.82) is 0 Å². The molecule has 3 rings (SSSR count). The average Bonchev–Trinajstić information content (AvgIpc) is 2.84. The van der Waals surface area contributed by atoms with Crippen molar-refractivity contribution in [3.05, 3.63) is 63.5 Å². The lowest BCUT2D eigenvalue weighted by Crippen LogP contribution is -2.33. The molecule has 2 N–H and O–H groups in total. The minimum Gasteiger partial charge on any atom is -0.494 e. The maximum absolute atomic E-state index is 13.6. The molecule has 3 aromatic rings. The number of nitrogens with zero attached hydrogens (tertiary/aromatic N) is 4. The molecule has 0 aliphatic rings. The van der Waals surface area contributed by atoms with Crippen LogP contribution in [0.15, 0.2) is 26.2 Å². The number of benzene rings is 1. The Morgan fingerprint density at radius 3 is 1.76 bits per heavy atom. The van der Waals surface area contributed by atoms with Crippen LogP contribution in [-0.2, 0) is 28.2 Å². The lowest BCUT2D eigenvalue weighted by Gasteiger charge is -2.25. The summed E-state index contributed by atoms with van der Waals surface area (Å²) in [5.74, 6) is -1.33. The van der Waals surface area contributed by atoms with E-state index in [4.69, 9.17) is 33.9 Å². The Balaban J connectivity index is 2.58. The third kappa shape index (κ3) is 4.99. The SMILES string of the molecule is CCOc1cc(C(c2c(O)n(C)c(=S)n(C)c2=O)c2c(O)n(C)c(=S)n(C)c2=O)cc(Br)c1OC(C)C. The van der Waals surface area contributed by atoms with Gasteiger partial charge < -0.3 is 19.7 Å². The van der Waals surface area contributed by atoms with Crippen molar-refractivity contribution >= 4 is 40.4 Å². The quantitative estimate of drug-likeness (QED) is 0.388. The van der Waals surface area contributed by atoms with Crippen LogP contribution in [0.3, 0.4) is 0 Å². The van der Waals surface area contributed by atoms with Crippen LogP contribution < -0.4 is 20.6 Å². The zero-order chi connectivity index (χ0) is 27.9. The lowest BCUT2D eigenvalue weighted by atomic mass is 9.86. The molecule has 0 radical (unpaired) electrons. The second-order valence-corrected chi connectivity index (χ2v) is 10.3. The fraction of sp³-hybridized carbons (Fsp3) is 0.417. The van der Waals surface area contributed by atoms with Crippen molar-refractivity contribution in [2.75, 3.05) is 6.61 Å². The molecule has 0 saturated carbocycles. The monoisotopic (exact) mass is 612 g/mol. The highest BCUT2D eigenvalue weighted by molar-refractivity contribution is 9.10. The van der Waals surface area contributed by atoms with Gasteiger partial charge in [-0.05, 0) is 78.8 Å². The van der Waals surface area contributed by atoms with Crippen LogP contribution in [-0.4, -0.2) is 41.2 Å². The highest BCUT2D eigenvalue weighted by Gasteiger charge is 2.33. The Morgan fingerprint density at radius 2 is 1.35 bits per heavy atom. The van der Waals surface area contributed by atoms with Crippen molar-refractivity contribution in [1.82, 2.24) is 18.3 Å². The Bertz CT molecular complexity index is 1530. The van der Waals surface area contributed by atoms with E-state index in [9.17, 15) is 19.8 Å². The van der Waals surface area contributed by atoms with Gasteiger partial charge in [-0.25, -0.2) is 0 Å². The number of halogens is 1. The molecule has 1 aromatic carbocycles. The van der Waals surface area contributed by atoms with E-state index in [1.165, 1.54) is 46.5 Å². The molecule has 0 amide bonds. The molecule has 0 bridgehead atoms. The number of aromatic nitrogens is 4. The van der Waals surface area contributed by atoms with Gasteiger partial charge in [-0.2, -0.15) is 0 Å². The summed E-state index contributed by atoms with van der Waals surface area (Å²) in [6.45, 7) is 5.86. The van der Waals surface area contributed by atoms with Crippen LogP contribution in [0.1, 0.15) is 43.4 Å². The van der Waals surface area contributed by atoms with Crippen LogP contribution in [0.2, 0.25) is 0 Å². The Hall–Kier alpha value is -2.90. The standard InChI is InChI=1S/C24H29BrN4O6S2/c1-8-34-14-10-12(9-13(25)18(14)35-11(2)3)15(16-19(30)26(4)23(36)27(5)20(16)31)17-21(32)28(6)24(37)29(7)22(17)33/h9-11,15,30,32H,8H2,1-7H3. The van der Waals surface area contributed by atoms with E-state index in [2.05, 4.69) is 15.9 Å². The van der Waals surface area contributed by atoms with Crippen LogP contribution >= 0.6 is 40.4 Å². The first-order chi connectivity index (χ1) is 17.2. The van der Waals surface area contributed by atoms with E-state index in [1.807, 2.05) is 20.8 Å². The maximum atomic E-state index is 13.6. The van der Waals surface area contributed by atoms with Gasteiger partial charge >= 0.3 is 0 Å². The minimum atomic E-state index is -1.23. The molecule has 0 aliphatic carbocycles. The number of ether oxygens (including phenoxy) is 2. The molecule has 2 heterocycles. The van der Waals surface area contributed by atoms with E-state index in [0.29, 0.717) is 28.1 Å². The Labute approximate surface area is 232 Å².